The van der Waals surface area contributed by atoms with Gasteiger partial charge in [-0.2, -0.15) is 0 Å². The summed E-state index contributed by atoms with van der Waals surface area (Å²) < 4.78 is 0. The quantitative estimate of drug-likeness (QED) is 0.539. The zero-order chi connectivity index (χ0) is 7.56. The van der Waals surface area contributed by atoms with Gasteiger partial charge in [0.2, 0.25) is 0 Å². The van der Waals surface area contributed by atoms with Crippen LogP contribution in [0.2, 0.25) is 0 Å². The molecular weight excluding hydrogens is 128 g/mol. The van der Waals surface area contributed by atoms with Crippen molar-refractivity contribution in [1.82, 2.24) is 4.90 Å². The van der Waals surface area contributed by atoms with E-state index in [1.54, 1.807) is 6.92 Å². The molecule has 0 aromatic heterocycles. The van der Waals surface area contributed by atoms with E-state index in [9.17, 15) is 4.79 Å². The highest BCUT2D eigenvalue weighted by molar-refractivity contribution is 5.76. The highest BCUT2D eigenvalue weighted by Crippen LogP contribution is 2.17. The van der Waals surface area contributed by atoms with Crippen LogP contribution in [-0.4, -0.2) is 30.3 Å². The molecule has 1 heterocycles. The Hall–Kier alpha value is -0.370. The zero-order valence-corrected chi connectivity index (χ0v) is 6.76. The van der Waals surface area contributed by atoms with Gasteiger partial charge in [0.15, 0.2) is 0 Å². The number of carbonyl (C=O) groups is 1. The minimum absolute atomic E-state index is 0.318. The topological polar surface area (TPSA) is 20.3 Å². The summed E-state index contributed by atoms with van der Waals surface area (Å²) in [6, 6.07) is 0.539. The van der Waals surface area contributed by atoms with Gasteiger partial charge in [-0.15, -0.1) is 0 Å². The molecule has 1 saturated heterocycles. The third-order valence-electron chi connectivity index (χ3n) is 2.19. The van der Waals surface area contributed by atoms with Gasteiger partial charge in [0.25, 0.3) is 0 Å². The van der Waals surface area contributed by atoms with Gasteiger partial charge in [-0.25, -0.2) is 0 Å². The van der Waals surface area contributed by atoms with E-state index in [1.165, 1.54) is 12.8 Å². The molecule has 0 amide bonds. The zero-order valence-electron chi connectivity index (χ0n) is 6.76. The Morgan fingerprint density at radius 3 is 2.80 bits per heavy atom. The molecule has 0 radical (unpaired) electrons. The molecule has 10 heavy (non-hydrogen) atoms. The molecule has 0 N–H and O–H groups in total. The Labute approximate surface area is 62.2 Å². The summed E-state index contributed by atoms with van der Waals surface area (Å²) in [5, 5.41) is 0. The molecule has 2 nitrogen and oxygen atoms in total. The summed E-state index contributed by atoms with van der Waals surface area (Å²) in [5.41, 5.74) is 0. The van der Waals surface area contributed by atoms with Crippen LogP contribution in [0, 0.1) is 0 Å². The molecule has 1 fully saturated rings. The Kier molecular flexibility index (Phi) is 2.44. The molecule has 0 aliphatic carbocycles. The van der Waals surface area contributed by atoms with Gasteiger partial charge in [-0.3, -0.25) is 4.79 Å². The van der Waals surface area contributed by atoms with Gasteiger partial charge >= 0.3 is 0 Å². The predicted molar refractivity (Wildman–Crippen MR) is 41.0 cm³/mol. The van der Waals surface area contributed by atoms with Crippen molar-refractivity contribution < 1.29 is 4.79 Å². The third-order valence-corrected chi connectivity index (χ3v) is 2.19. The molecule has 1 aliphatic rings. The summed E-state index contributed by atoms with van der Waals surface area (Å²) in [7, 11) is 2.10. The van der Waals surface area contributed by atoms with Gasteiger partial charge in [-0.05, 0) is 33.4 Å². The molecule has 1 rings (SSSR count). The average Bonchev–Trinajstić information content (AvgIpc) is 2.15. The lowest BCUT2D eigenvalue weighted by atomic mass is 10.2. The van der Waals surface area contributed by atoms with E-state index in [1.807, 2.05) is 0 Å². The highest BCUT2D eigenvalue weighted by atomic mass is 16.2. The van der Waals surface area contributed by atoms with Gasteiger partial charge in [-0.1, -0.05) is 0 Å². The Bertz CT molecular complexity index is 133. The fourth-order valence-electron chi connectivity index (χ4n) is 1.57. The molecule has 2 heteroatoms. The minimum atomic E-state index is 0.318. The van der Waals surface area contributed by atoms with Gasteiger partial charge in [0, 0.05) is 12.5 Å². The molecular formula is C8H15NO. The van der Waals surface area contributed by atoms with Crippen LogP contribution < -0.4 is 0 Å². The molecule has 0 aromatic carbocycles. The lowest BCUT2D eigenvalue weighted by Crippen LogP contribution is -2.26. The van der Waals surface area contributed by atoms with E-state index in [-0.39, 0.29) is 0 Å². The van der Waals surface area contributed by atoms with E-state index in [4.69, 9.17) is 0 Å². The van der Waals surface area contributed by atoms with Crippen molar-refractivity contribution in [2.45, 2.75) is 32.2 Å². The molecule has 1 unspecified atom stereocenters. The summed E-state index contributed by atoms with van der Waals surface area (Å²) in [6.07, 6.45) is 3.21. The van der Waals surface area contributed by atoms with Crippen LogP contribution in [0.5, 0.6) is 0 Å². The SMILES string of the molecule is CN1CCCC1C[13C]([13CH3])=O. The number of likely N-dealkylation sites (tertiary alicyclic amines) is 1. The normalized spacial score (nSPS) is 27.2. The van der Waals surface area contributed by atoms with Crippen LogP contribution in [0.4, 0.5) is 0 Å². The first-order valence-corrected chi connectivity index (χ1v) is 3.90. The van der Waals surface area contributed by atoms with Crippen LogP contribution in [0.25, 0.3) is 0 Å². The Balaban J connectivity index is 2.33. The average molecular weight is 143 g/mol. The molecule has 58 valence electrons. The van der Waals surface area contributed by atoms with E-state index in [0.29, 0.717) is 11.8 Å². The predicted octanol–water partition coefficient (Wildman–Crippen LogP) is 1.06. The number of hydrogen-bond donors (Lipinski definition) is 0. The monoisotopic (exact) mass is 143 g/mol. The van der Waals surface area contributed by atoms with Crippen molar-refractivity contribution in [2.75, 3.05) is 13.6 Å². The van der Waals surface area contributed by atoms with Crippen LogP contribution in [0.1, 0.15) is 26.2 Å². The number of rotatable bonds is 2. The molecule has 0 bridgehead atoms. The second-order valence-corrected chi connectivity index (χ2v) is 3.18. The van der Waals surface area contributed by atoms with E-state index in [2.05, 4.69) is 11.9 Å². The molecule has 1 atom stereocenters. The van der Waals surface area contributed by atoms with Gasteiger partial charge in [0.05, 0.1) is 0 Å². The number of nitrogens with zero attached hydrogens (tertiary/aromatic N) is 1. The summed E-state index contributed by atoms with van der Waals surface area (Å²) in [6.45, 7) is 2.84. The first-order valence-electron chi connectivity index (χ1n) is 3.90. The standard InChI is InChI=1S/C8H15NO/c1-7(10)6-8-4-3-5-9(8)2/h8H,3-6H2,1-2H3/i1+1,7+1. The van der Waals surface area contributed by atoms with Gasteiger partial charge < -0.3 is 4.90 Å². The van der Waals surface area contributed by atoms with Crippen LogP contribution >= 0.6 is 0 Å². The summed E-state index contributed by atoms with van der Waals surface area (Å²) >= 11 is 0. The summed E-state index contributed by atoms with van der Waals surface area (Å²) in [4.78, 5) is 13.0. The van der Waals surface area contributed by atoms with Crippen LogP contribution in [0.15, 0.2) is 0 Å². The van der Waals surface area contributed by atoms with Crippen molar-refractivity contribution in [3.63, 3.8) is 0 Å². The molecule has 0 spiro atoms. The number of hydrogen-bond acceptors (Lipinski definition) is 2. The van der Waals surface area contributed by atoms with E-state index in [0.717, 1.165) is 13.0 Å². The van der Waals surface area contributed by atoms with Crippen LogP contribution in [-0.2, 0) is 4.79 Å². The lowest BCUT2D eigenvalue weighted by Gasteiger charge is -2.17. The summed E-state index contributed by atoms with van der Waals surface area (Å²) in [5.74, 6) is 0.318. The minimum Gasteiger partial charge on any atom is -0.303 e. The maximum atomic E-state index is 10.7. The largest absolute Gasteiger partial charge is 0.303 e. The second-order valence-electron chi connectivity index (χ2n) is 3.18. The smallest absolute Gasteiger partial charge is 0.131 e. The van der Waals surface area contributed by atoms with Gasteiger partial charge in [0.1, 0.15) is 5.78 Å². The van der Waals surface area contributed by atoms with Crippen molar-refractivity contribution >= 4 is 5.78 Å². The molecule has 1 aliphatic heterocycles. The van der Waals surface area contributed by atoms with Crippen molar-refractivity contribution in [2.24, 2.45) is 0 Å². The van der Waals surface area contributed by atoms with Crippen molar-refractivity contribution in [1.29, 1.82) is 0 Å². The van der Waals surface area contributed by atoms with Crippen molar-refractivity contribution in [3.05, 3.63) is 0 Å². The van der Waals surface area contributed by atoms with Crippen molar-refractivity contribution in [3.8, 4) is 0 Å². The van der Waals surface area contributed by atoms with E-state index < -0.39 is 0 Å². The first-order chi connectivity index (χ1) is 4.70. The van der Waals surface area contributed by atoms with Crippen LogP contribution in [0.3, 0.4) is 0 Å². The number of ketones is 1. The maximum absolute atomic E-state index is 10.7. The second kappa shape index (κ2) is 3.15. The van der Waals surface area contributed by atoms with E-state index >= 15 is 0 Å². The third kappa shape index (κ3) is 1.81. The highest BCUT2D eigenvalue weighted by Gasteiger charge is 2.21. The fraction of sp³-hybridized carbons (Fsp3) is 0.875. The fourth-order valence-corrected chi connectivity index (χ4v) is 1.57. The maximum Gasteiger partial charge on any atom is 0.131 e. The number of Topliss-reactive ketones (excluding diaryl/α,β-unsaturated/α-hetero) is 1. The Morgan fingerprint density at radius 1 is 1.70 bits per heavy atom. The number of carbonyl (C=O) groups excluding carboxylic acids is 1. The first kappa shape index (κ1) is 7.73. The molecule has 0 aromatic rings. The molecule has 0 saturated carbocycles. The Morgan fingerprint density at radius 2 is 2.40 bits per heavy atom. The lowest BCUT2D eigenvalue weighted by molar-refractivity contribution is -0.117.